The van der Waals surface area contributed by atoms with E-state index in [9.17, 15) is 9.90 Å². The van der Waals surface area contributed by atoms with Gasteiger partial charge in [0.2, 0.25) is 0 Å². The number of aliphatic hydroxyl groups excluding tert-OH is 1. The van der Waals surface area contributed by atoms with Gasteiger partial charge < -0.3 is 10.0 Å². The van der Waals surface area contributed by atoms with Crippen molar-refractivity contribution in [3.05, 3.63) is 28.5 Å². The lowest BCUT2D eigenvalue weighted by molar-refractivity contribution is 0.0461. The zero-order valence-electron chi connectivity index (χ0n) is 10.3. The highest BCUT2D eigenvalue weighted by molar-refractivity contribution is 9.10. The van der Waals surface area contributed by atoms with Crippen molar-refractivity contribution in [3.8, 4) is 0 Å². The summed E-state index contributed by atoms with van der Waals surface area (Å²) in [6, 6.07) is 3.54. The maximum atomic E-state index is 12.2. The lowest BCUT2D eigenvalue weighted by Crippen LogP contribution is -2.43. The zero-order chi connectivity index (χ0) is 13.1. The highest BCUT2D eigenvalue weighted by Crippen LogP contribution is 2.21. The van der Waals surface area contributed by atoms with Crippen molar-refractivity contribution >= 4 is 21.8 Å². The summed E-state index contributed by atoms with van der Waals surface area (Å²) >= 11 is 3.30. The first-order chi connectivity index (χ1) is 8.58. The second-order valence-electron chi connectivity index (χ2n) is 4.76. The van der Waals surface area contributed by atoms with Gasteiger partial charge in [-0.25, -0.2) is 4.98 Å². The molecule has 1 aliphatic rings. The molecule has 2 unspecified atom stereocenters. The maximum absolute atomic E-state index is 12.2. The van der Waals surface area contributed by atoms with Gasteiger partial charge in [-0.05, 0) is 47.8 Å². The molecule has 1 aromatic heterocycles. The van der Waals surface area contributed by atoms with Crippen LogP contribution in [0.5, 0.6) is 0 Å². The van der Waals surface area contributed by atoms with Gasteiger partial charge in [0, 0.05) is 29.7 Å². The number of amides is 1. The number of piperidine rings is 1. The van der Waals surface area contributed by atoms with Crippen molar-refractivity contribution < 1.29 is 9.90 Å². The minimum Gasteiger partial charge on any atom is -0.393 e. The van der Waals surface area contributed by atoms with Crippen molar-refractivity contribution in [2.45, 2.75) is 25.9 Å². The Balaban J connectivity index is 2.06. The molecular weight excluding hydrogens is 296 g/mol. The van der Waals surface area contributed by atoms with Crippen molar-refractivity contribution in [2.24, 2.45) is 5.92 Å². The zero-order valence-corrected chi connectivity index (χ0v) is 11.9. The quantitative estimate of drug-likeness (QED) is 0.909. The first kappa shape index (κ1) is 13.5. The molecule has 0 aliphatic carbocycles. The Morgan fingerprint density at radius 2 is 2.39 bits per heavy atom. The number of carbonyl (C=O) groups excluding carboxylic acids is 1. The number of aliphatic hydroxyl groups is 1. The number of pyridine rings is 1. The SMILES string of the molecule is CC(O)C1CCCN(C(=O)c2ccc(Br)cn2)C1. The first-order valence-electron chi connectivity index (χ1n) is 6.17. The summed E-state index contributed by atoms with van der Waals surface area (Å²) in [4.78, 5) is 18.2. The molecule has 1 saturated heterocycles. The van der Waals surface area contributed by atoms with Crippen LogP contribution in [0.25, 0.3) is 0 Å². The fraction of sp³-hybridized carbons (Fsp3) is 0.538. The predicted octanol–water partition coefficient (Wildman–Crippen LogP) is 2.08. The van der Waals surface area contributed by atoms with Gasteiger partial charge in [0.25, 0.3) is 5.91 Å². The molecular formula is C13H17BrN2O2. The van der Waals surface area contributed by atoms with Crippen molar-refractivity contribution in [2.75, 3.05) is 13.1 Å². The van der Waals surface area contributed by atoms with Crippen LogP contribution in [-0.4, -0.2) is 40.1 Å². The third-order valence-corrected chi connectivity index (χ3v) is 3.84. The number of hydrogen-bond acceptors (Lipinski definition) is 3. The van der Waals surface area contributed by atoms with Crippen LogP contribution in [0.3, 0.4) is 0 Å². The van der Waals surface area contributed by atoms with Crippen LogP contribution in [0.15, 0.2) is 22.8 Å². The van der Waals surface area contributed by atoms with Crippen LogP contribution >= 0.6 is 15.9 Å². The van der Waals surface area contributed by atoms with Gasteiger partial charge in [-0.1, -0.05) is 0 Å². The molecule has 1 aromatic rings. The molecule has 98 valence electrons. The summed E-state index contributed by atoms with van der Waals surface area (Å²) < 4.78 is 0.861. The molecule has 1 amide bonds. The molecule has 2 atom stereocenters. The van der Waals surface area contributed by atoms with E-state index < -0.39 is 0 Å². The summed E-state index contributed by atoms with van der Waals surface area (Å²) in [6.45, 7) is 3.16. The Hall–Kier alpha value is -0.940. The minimum atomic E-state index is -0.363. The maximum Gasteiger partial charge on any atom is 0.272 e. The molecule has 0 bridgehead atoms. The Bertz CT molecular complexity index is 420. The molecule has 1 N–H and O–H groups in total. The minimum absolute atomic E-state index is 0.0483. The van der Waals surface area contributed by atoms with Crippen molar-refractivity contribution in [1.29, 1.82) is 0 Å². The van der Waals surface area contributed by atoms with Gasteiger partial charge in [-0.15, -0.1) is 0 Å². The molecule has 18 heavy (non-hydrogen) atoms. The number of halogens is 1. The van der Waals surface area contributed by atoms with Gasteiger partial charge in [0.15, 0.2) is 0 Å². The fourth-order valence-electron chi connectivity index (χ4n) is 2.25. The smallest absolute Gasteiger partial charge is 0.272 e. The van der Waals surface area contributed by atoms with Crippen molar-refractivity contribution in [1.82, 2.24) is 9.88 Å². The summed E-state index contributed by atoms with van der Waals surface area (Å²) in [6.07, 6.45) is 3.19. The summed E-state index contributed by atoms with van der Waals surface area (Å²) in [5.74, 6) is 0.131. The number of rotatable bonds is 2. The number of carbonyl (C=O) groups is 1. The number of nitrogens with zero attached hydrogens (tertiary/aromatic N) is 2. The summed E-state index contributed by atoms with van der Waals surface area (Å²) in [5, 5.41) is 9.62. The Morgan fingerprint density at radius 1 is 1.61 bits per heavy atom. The molecule has 4 nitrogen and oxygen atoms in total. The average molecular weight is 313 g/mol. The molecule has 0 spiro atoms. The van der Waals surface area contributed by atoms with Gasteiger partial charge in [0.05, 0.1) is 6.10 Å². The Morgan fingerprint density at radius 3 is 3.00 bits per heavy atom. The van der Waals surface area contributed by atoms with Crippen LogP contribution in [0, 0.1) is 5.92 Å². The number of aromatic nitrogens is 1. The van der Waals surface area contributed by atoms with Crippen molar-refractivity contribution in [3.63, 3.8) is 0 Å². The highest BCUT2D eigenvalue weighted by Gasteiger charge is 2.27. The number of hydrogen-bond donors (Lipinski definition) is 1. The molecule has 2 heterocycles. The van der Waals surface area contributed by atoms with E-state index in [1.54, 1.807) is 24.1 Å². The van der Waals surface area contributed by atoms with Crippen LogP contribution < -0.4 is 0 Å². The Kier molecular flexibility index (Phi) is 4.35. The monoisotopic (exact) mass is 312 g/mol. The highest BCUT2D eigenvalue weighted by atomic mass is 79.9. The first-order valence-corrected chi connectivity index (χ1v) is 6.96. The van der Waals surface area contributed by atoms with E-state index in [1.165, 1.54) is 0 Å². The normalized spacial score (nSPS) is 21.7. The van der Waals surface area contributed by atoms with E-state index in [4.69, 9.17) is 0 Å². The molecule has 1 fully saturated rings. The van der Waals surface area contributed by atoms with E-state index in [2.05, 4.69) is 20.9 Å². The van der Waals surface area contributed by atoms with Crippen LogP contribution in [0.2, 0.25) is 0 Å². The number of likely N-dealkylation sites (tertiary alicyclic amines) is 1. The molecule has 0 aromatic carbocycles. The lowest BCUT2D eigenvalue weighted by atomic mass is 9.93. The summed E-state index contributed by atoms with van der Waals surface area (Å²) in [5.41, 5.74) is 0.462. The van der Waals surface area contributed by atoms with Gasteiger partial charge in [-0.3, -0.25) is 4.79 Å². The largest absolute Gasteiger partial charge is 0.393 e. The third kappa shape index (κ3) is 3.09. The van der Waals surface area contributed by atoms with E-state index in [-0.39, 0.29) is 17.9 Å². The van der Waals surface area contributed by atoms with Gasteiger partial charge in [-0.2, -0.15) is 0 Å². The fourth-order valence-corrected chi connectivity index (χ4v) is 2.49. The van der Waals surface area contributed by atoms with Crippen LogP contribution in [-0.2, 0) is 0 Å². The molecule has 5 heteroatoms. The molecule has 0 radical (unpaired) electrons. The molecule has 2 rings (SSSR count). The van der Waals surface area contributed by atoms with Gasteiger partial charge in [0.1, 0.15) is 5.69 Å². The van der Waals surface area contributed by atoms with Crippen LogP contribution in [0.4, 0.5) is 0 Å². The standard InChI is InChI=1S/C13H17BrN2O2/c1-9(17)10-3-2-6-16(8-10)13(18)12-5-4-11(14)7-15-12/h4-5,7,9-10,17H,2-3,6,8H2,1H3. The molecule has 0 saturated carbocycles. The van der Waals surface area contributed by atoms with E-state index >= 15 is 0 Å². The van der Waals surface area contributed by atoms with Crippen LogP contribution in [0.1, 0.15) is 30.3 Å². The lowest BCUT2D eigenvalue weighted by Gasteiger charge is -2.33. The van der Waals surface area contributed by atoms with Gasteiger partial charge >= 0.3 is 0 Å². The molecule has 1 aliphatic heterocycles. The predicted molar refractivity (Wildman–Crippen MR) is 72.2 cm³/mol. The summed E-state index contributed by atoms with van der Waals surface area (Å²) in [7, 11) is 0. The third-order valence-electron chi connectivity index (χ3n) is 3.37. The second-order valence-corrected chi connectivity index (χ2v) is 5.67. The average Bonchev–Trinajstić information content (AvgIpc) is 2.39. The second kappa shape index (κ2) is 5.80. The van der Waals surface area contributed by atoms with E-state index in [0.29, 0.717) is 12.2 Å². The van der Waals surface area contributed by atoms with E-state index in [1.807, 2.05) is 6.07 Å². The van der Waals surface area contributed by atoms with E-state index in [0.717, 1.165) is 23.9 Å². The Labute approximate surface area is 115 Å². The topological polar surface area (TPSA) is 53.4 Å².